The second-order valence-corrected chi connectivity index (χ2v) is 4.16. The van der Waals surface area contributed by atoms with Gasteiger partial charge in [-0.2, -0.15) is 13.2 Å². The molecule has 0 rings (SSSR count). The van der Waals surface area contributed by atoms with Crippen LogP contribution in [0, 0.1) is 35.5 Å². The lowest BCUT2D eigenvalue weighted by atomic mass is 9.63. The highest BCUT2D eigenvalue weighted by atomic mass is 32.1. The molecule has 0 fully saturated rings. The van der Waals surface area contributed by atoms with Crippen LogP contribution in [0.5, 0.6) is 0 Å². The molecule has 0 spiro atoms. The molecule has 0 aliphatic heterocycles. The van der Waals surface area contributed by atoms with E-state index >= 15 is 0 Å². The first-order valence-electron chi connectivity index (χ1n) is 4.53. The summed E-state index contributed by atoms with van der Waals surface area (Å²) >= 11 is 3.43. The molecule has 1 N–H and O–H groups in total. The molecular weight excluding hydrogens is 267 g/mol. The molecule has 0 aromatic rings. The molecule has 0 atom stereocenters. The van der Waals surface area contributed by atoms with E-state index in [9.17, 15) is 22.8 Å². The first kappa shape index (κ1) is 16.4. The van der Waals surface area contributed by atoms with Crippen molar-refractivity contribution >= 4 is 24.5 Å². The number of carbonyl (C=O) groups is 2. The van der Waals surface area contributed by atoms with Gasteiger partial charge in [-0.25, -0.2) is 0 Å². The summed E-state index contributed by atoms with van der Waals surface area (Å²) in [5.74, 6) is -0.0650. The summed E-state index contributed by atoms with van der Waals surface area (Å²) in [5.41, 5.74) is -4.69. The average molecular weight is 277 g/mol. The van der Waals surface area contributed by atoms with Crippen molar-refractivity contribution in [2.24, 2.45) is 10.8 Å². The van der Waals surface area contributed by atoms with Gasteiger partial charge in [-0.1, -0.05) is 24.7 Å². The summed E-state index contributed by atoms with van der Waals surface area (Å²) < 4.78 is 39.4. The van der Waals surface area contributed by atoms with Gasteiger partial charge in [-0.15, -0.1) is 12.8 Å². The fourth-order valence-corrected chi connectivity index (χ4v) is 1.62. The topological polar surface area (TPSA) is 46.2 Å². The molecule has 1 amide bonds. The minimum absolute atomic E-state index is 0.987. The van der Waals surface area contributed by atoms with Crippen LogP contribution in [-0.4, -0.2) is 17.9 Å². The van der Waals surface area contributed by atoms with E-state index in [1.165, 1.54) is 0 Å². The quantitative estimate of drug-likeness (QED) is 0.604. The van der Waals surface area contributed by atoms with Gasteiger partial charge in [0.1, 0.15) is 0 Å². The second-order valence-electron chi connectivity index (χ2n) is 3.93. The fourth-order valence-electron chi connectivity index (χ4n) is 1.34. The van der Waals surface area contributed by atoms with E-state index < -0.39 is 28.7 Å². The van der Waals surface area contributed by atoms with E-state index in [0.29, 0.717) is 0 Å². The van der Waals surface area contributed by atoms with Crippen molar-refractivity contribution in [2.45, 2.75) is 20.0 Å². The maximum absolute atomic E-state index is 12.5. The molecule has 0 radical (unpaired) electrons. The van der Waals surface area contributed by atoms with Crippen LogP contribution in [0.25, 0.3) is 0 Å². The normalized spacial score (nSPS) is 12.2. The number of terminal acetylenes is 2. The molecule has 7 heteroatoms. The molecule has 0 aliphatic carbocycles. The van der Waals surface area contributed by atoms with E-state index in [4.69, 9.17) is 12.8 Å². The summed E-state index contributed by atoms with van der Waals surface area (Å²) in [6, 6.07) is 0. The van der Waals surface area contributed by atoms with Crippen molar-refractivity contribution in [3.8, 4) is 24.7 Å². The van der Waals surface area contributed by atoms with Gasteiger partial charge in [-0.05, 0) is 13.8 Å². The highest BCUT2D eigenvalue weighted by Crippen LogP contribution is 2.43. The Kier molecular flexibility index (Phi) is 4.51. The number of hydrogen-bond acceptors (Lipinski definition) is 3. The van der Waals surface area contributed by atoms with Crippen LogP contribution in [0.3, 0.4) is 0 Å². The molecule has 0 saturated heterocycles. The Bertz CT molecular complexity index is 440. The third-order valence-electron chi connectivity index (χ3n) is 2.64. The summed E-state index contributed by atoms with van der Waals surface area (Å²) in [6.45, 7) is 2.09. The van der Waals surface area contributed by atoms with Crippen molar-refractivity contribution in [3.05, 3.63) is 0 Å². The van der Waals surface area contributed by atoms with Gasteiger partial charge >= 0.3 is 6.18 Å². The third-order valence-corrected chi connectivity index (χ3v) is 2.84. The van der Waals surface area contributed by atoms with Crippen molar-refractivity contribution in [3.63, 3.8) is 0 Å². The van der Waals surface area contributed by atoms with Crippen LogP contribution in [0.4, 0.5) is 13.2 Å². The van der Waals surface area contributed by atoms with Crippen LogP contribution in [0.1, 0.15) is 13.8 Å². The van der Waals surface area contributed by atoms with Gasteiger partial charge < -0.3 is 4.72 Å². The van der Waals surface area contributed by atoms with Gasteiger partial charge in [0.2, 0.25) is 5.91 Å². The molecule has 0 saturated carbocycles. The maximum Gasteiger partial charge on any atom is 0.452 e. The van der Waals surface area contributed by atoms with Crippen LogP contribution in [0.15, 0.2) is 0 Å². The third kappa shape index (κ3) is 2.32. The van der Waals surface area contributed by atoms with E-state index in [0.717, 1.165) is 13.8 Å². The minimum Gasteiger partial charge on any atom is -0.302 e. The molecule has 0 aromatic carbocycles. The Hall–Kier alpha value is -1.60. The molecule has 0 heterocycles. The summed E-state index contributed by atoms with van der Waals surface area (Å²) in [6.07, 6.45) is 4.71. The molecule has 0 unspecified atom stereocenters. The summed E-state index contributed by atoms with van der Waals surface area (Å²) in [5, 5.41) is 0. The van der Waals surface area contributed by atoms with E-state index in [1.54, 1.807) is 11.8 Å². The molecule has 0 aliphatic rings. The van der Waals surface area contributed by atoms with Gasteiger partial charge in [-0.3, -0.25) is 9.59 Å². The lowest BCUT2D eigenvalue weighted by Gasteiger charge is -2.36. The van der Waals surface area contributed by atoms with Crippen LogP contribution in [-0.2, 0) is 9.59 Å². The Balaban J connectivity index is 6.05. The maximum atomic E-state index is 12.5. The number of thiol groups is 1. The molecule has 98 valence electrons. The predicted octanol–water partition coefficient (Wildman–Crippen LogP) is 1.36. The van der Waals surface area contributed by atoms with E-state index in [1.807, 2.05) is 4.72 Å². The highest BCUT2D eigenvalue weighted by molar-refractivity contribution is 7.78. The number of Topliss-reactive ketones (excluding diaryl/α,β-unsaturated/α-hetero) is 1. The number of hydrogen-bond donors (Lipinski definition) is 2. The van der Waals surface area contributed by atoms with E-state index in [2.05, 4.69) is 12.8 Å². The Morgan fingerprint density at radius 3 is 1.78 bits per heavy atom. The average Bonchev–Trinajstić information content (AvgIpc) is 2.28. The highest BCUT2D eigenvalue weighted by Gasteiger charge is 2.61. The lowest BCUT2D eigenvalue weighted by molar-refractivity contribution is -0.181. The Morgan fingerprint density at radius 1 is 1.17 bits per heavy atom. The second kappa shape index (κ2) is 4.95. The van der Waals surface area contributed by atoms with Crippen LogP contribution >= 0.6 is 12.8 Å². The predicted molar refractivity (Wildman–Crippen MR) is 62.1 cm³/mol. The number of nitrogens with one attached hydrogen (secondary N) is 1. The number of alkyl halides is 3. The minimum atomic E-state index is -5.24. The fraction of sp³-hybridized carbons (Fsp3) is 0.455. The first-order valence-corrected chi connectivity index (χ1v) is 4.97. The number of carbonyl (C=O) groups excluding carboxylic acids is 2. The monoisotopic (exact) mass is 277 g/mol. The van der Waals surface area contributed by atoms with Gasteiger partial charge in [0, 0.05) is 0 Å². The van der Waals surface area contributed by atoms with Gasteiger partial charge in [0.15, 0.2) is 5.41 Å². The van der Waals surface area contributed by atoms with Crippen LogP contribution in [0.2, 0.25) is 0 Å². The molecule has 0 bridgehead atoms. The molecule has 18 heavy (non-hydrogen) atoms. The Morgan fingerprint density at radius 2 is 1.56 bits per heavy atom. The van der Waals surface area contributed by atoms with Crippen molar-refractivity contribution in [2.75, 3.05) is 0 Å². The SMILES string of the molecule is C#CC(C#C)(C(=O)C(F)(F)F)C(C)(C)C(=O)NS. The zero-order valence-electron chi connectivity index (χ0n) is 9.55. The van der Waals surface area contributed by atoms with Crippen molar-refractivity contribution in [1.82, 2.24) is 4.72 Å². The zero-order chi connectivity index (χ0) is 14.8. The first-order chi connectivity index (χ1) is 8.01. The molecular formula is C11H10F3NO2S. The number of amides is 1. The van der Waals surface area contributed by atoms with E-state index in [-0.39, 0.29) is 0 Å². The van der Waals surface area contributed by atoms with Gasteiger partial charge in [0.05, 0.1) is 5.41 Å². The largest absolute Gasteiger partial charge is 0.452 e. The van der Waals surface area contributed by atoms with Crippen LogP contribution < -0.4 is 4.72 Å². The summed E-state index contributed by atoms with van der Waals surface area (Å²) in [7, 11) is 0. The van der Waals surface area contributed by atoms with Crippen molar-refractivity contribution < 1.29 is 22.8 Å². The molecule has 0 aromatic heterocycles. The van der Waals surface area contributed by atoms with Gasteiger partial charge in [0.25, 0.3) is 5.78 Å². The number of rotatable bonds is 3. The number of ketones is 1. The standard InChI is InChI=1S/C11H10F3NO2S/c1-5-10(6-2,7(16)11(12,13)14)9(3,4)8(17)15-18/h1-2,18H,3-4H3,(H,15,17). The molecule has 3 nitrogen and oxygen atoms in total. The lowest BCUT2D eigenvalue weighted by Crippen LogP contribution is -2.54. The number of halogens is 3. The van der Waals surface area contributed by atoms with Crippen molar-refractivity contribution in [1.29, 1.82) is 0 Å². The smallest absolute Gasteiger partial charge is 0.302 e. The zero-order valence-corrected chi connectivity index (χ0v) is 10.4. The summed E-state index contributed by atoms with van der Waals surface area (Å²) in [4.78, 5) is 22.9. The Labute approximate surface area is 108 Å².